The maximum Gasteiger partial charge on any atom is 0.223 e. The highest BCUT2D eigenvalue weighted by molar-refractivity contribution is 6.32. The van der Waals surface area contributed by atoms with E-state index >= 15 is 0 Å². The normalized spacial score (nSPS) is 21.9. The zero-order valence-corrected chi connectivity index (χ0v) is 11.7. The number of nitrogens with two attached hydrogens (primary N) is 1. The minimum absolute atomic E-state index is 0.276. The Bertz CT molecular complexity index is 589. The number of nitrogens with zero attached hydrogens (tertiary/aromatic N) is 3. The van der Waals surface area contributed by atoms with E-state index in [4.69, 9.17) is 17.3 Å². The van der Waals surface area contributed by atoms with Crippen molar-refractivity contribution in [3.05, 3.63) is 35.7 Å². The van der Waals surface area contributed by atoms with E-state index in [1.54, 1.807) is 18.6 Å². The molecule has 6 heteroatoms. The molecular formula is C14H16ClN5. The summed E-state index contributed by atoms with van der Waals surface area (Å²) in [6.07, 6.45) is 8.12. The Labute approximate surface area is 122 Å². The van der Waals surface area contributed by atoms with Gasteiger partial charge in [0.2, 0.25) is 5.95 Å². The van der Waals surface area contributed by atoms with Crippen molar-refractivity contribution >= 4 is 17.5 Å². The van der Waals surface area contributed by atoms with E-state index in [1.807, 2.05) is 12.1 Å². The van der Waals surface area contributed by atoms with Crippen LogP contribution in [0.2, 0.25) is 5.02 Å². The lowest BCUT2D eigenvalue weighted by atomic mass is 10.2. The van der Waals surface area contributed by atoms with Crippen molar-refractivity contribution in [1.29, 1.82) is 0 Å². The van der Waals surface area contributed by atoms with Crippen molar-refractivity contribution in [2.45, 2.75) is 31.3 Å². The first-order chi connectivity index (χ1) is 9.72. The molecule has 2 heterocycles. The molecule has 0 spiro atoms. The molecule has 0 amide bonds. The first-order valence-corrected chi connectivity index (χ1v) is 7.05. The molecule has 1 saturated carbocycles. The number of anilines is 1. The van der Waals surface area contributed by atoms with E-state index in [9.17, 15) is 0 Å². The summed E-state index contributed by atoms with van der Waals surface area (Å²) in [6.45, 7) is 0. The monoisotopic (exact) mass is 289 g/mol. The van der Waals surface area contributed by atoms with Crippen LogP contribution in [0.3, 0.4) is 0 Å². The summed E-state index contributed by atoms with van der Waals surface area (Å²) >= 11 is 6.17. The Morgan fingerprint density at radius 1 is 1.30 bits per heavy atom. The van der Waals surface area contributed by atoms with Gasteiger partial charge in [0.1, 0.15) is 0 Å². The molecule has 0 bridgehead atoms. The number of rotatable bonds is 3. The molecule has 3 rings (SSSR count). The summed E-state index contributed by atoms with van der Waals surface area (Å²) in [5, 5.41) is 3.85. The maximum absolute atomic E-state index is 6.17. The van der Waals surface area contributed by atoms with E-state index in [0.29, 0.717) is 22.7 Å². The van der Waals surface area contributed by atoms with Crippen LogP contribution in [0.25, 0.3) is 11.3 Å². The first-order valence-electron chi connectivity index (χ1n) is 6.67. The average Bonchev–Trinajstić information content (AvgIpc) is 2.87. The lowest BCUT2D eigenvalue weighted by Gasteiger charge is -2.13. The van der Waals surface area contributed by atoms with Crippen LogP contribution in [-0.2, 0) is 0 Å². The lowest BCUT2D eigenvalue weighted by Crippen LogP contribution is -2.21. The van der Waals surface area contributed by atoms with Crippen molar-refractivity contribution in [2.75, 3.05) is 5.32 Å². The van der Waals surface area contributed by atoms with Crippen LogP contribution in [0.5, 0.6) is 0 Å². The Balaban J connectivity index is 1.83. The molecule has 5 nitrogen and oxygen atoms in total. The van der Waals surface area contributed by atoms with Crippen LogP contribution >= 0.6 is 11.6 Å². The topological polar surface area (TPSA) is 76.7 Å². The second-order valence-electron chi connectivity index (χ2n) is 5.05. The van der Waals surface area contributed by atoms with E-state index in [2.05, 4.69) is 20.3 Å². The van der Waals surface area contributed by atoms with E-state index in [1.165, 1.54) is 0 Å². The predicted octanol–water partition coefficient (Wildman–Crippen LogP) is 2.48. The fourth-order valence-corrected chi connectivity index (χ4v) is 2.67. The van der Waals surface area contributed by atoms with Crippen LogP contribution in [0.15, 0.2) is 30.7 Å². The van der Waals surface area contributed by atoms with Crippen LogP contribution in [0, 0.1) is 0 Å². The van der Waals surface area contributed by atoms with Crippen LogP contribution < -0.4 is 11.1 Å². The molecule has 1 fully saturated rings. The molecule has 20 heavy (non-hydrogen) atoms. The summed E-state index contributed by atoms with van der Waals surface area (Å²) in [7, 11) is 0. The minimum atomic E-state index is 0.276. The quantitative estimate of drug-likeness (QED) is 0.908. The number of halogens is 1. The molecule has 2 aromatic rings. The SMILES string of the molecule is N[C@@H]1CCC(Nc2ncc(Cl)c(-c3cccnc3)n2)C1. The zero-order chi connectivity index (χ0) is 13.9. The van der Waals surface area contributed by atoms with Gasteiger partial charge in [-0.3, -0.25) is 4.98 Å². The predicted molar refractivity (Wildman–Crippen MR) is 79.5 cm³/mol. The highest BCUT2D eigenvalue weighted by Gasteiger charge is 2.22. The Morgan fingerprint density at radius 3 is 2.90 bits per heavy atom. The number of pyridine rings is 1. The number of hydrogen-bond acceptors (Lipinski definition) is 5. The van der Waals surface area contributed by atoms with E-state index in [0.717, 1.165) is 24.8 Å². The molecule has 2 aromatic heterocycles. The molecule has 1 aliphatic carbocycles. The third-order valence-corrected chi connectivity index (χ3v) is 3.76. The van der Waals surface area contributed by atoms with Gasteiger partial charge in [-0.05, 0) is 31.4 Å². The fourth-order valence-electron chi connectivity index (χ4n) is 2.47. The van der Waals surface area contributed by atoms with Gasteiger partial charge >= 0.3 is 0 Å². The van der Waals surface area contributed by atoms with Gasteiger partial charge in [-0.15, -0.1) is 0 Å². The summed E-state index contributed by atoms with van der Waals surface area (Å²) in [4.78, 5) is 12.8. The van der Waals surface area contributed by atoms with Crippen molar-refractivity contribution in [3.8, 4) is 11.3 Å². The summed E-state index contributed by atoms with van der Waals surface area (Å²) < 4.78 is 0. The second kappa shape index (κ2) is 5.73. The van der Waals surface area contributed by atoms with Gasteiger partial charge in [0.15, 0.2) is 0 Å². The highest BCUT2D eigenvalue weighted by Crippen LogP contribution is 2.26. The fraction of sp³-hybridized carbons (Fsp3) is 0.357. The average molecular weight is 290 g/mol. The second-order valence-corrected chi connectivity index (χ2v) is 5.45. The third kappa shape index (κ3) is 2.89. The molecule has 0 radical (unpaired) electrons. The largest absolute Gasteiger partial charge is 0.351 e. The highest BCUT2D eigenvalue weighted by atomic mass is 35.5. The summed E-state index contributed by atoms with van der Waals surface area (Å²) in [5.41, 5.74) is 7.49. The molecule has 0 saturated heterocycles. The van der Waals surface area contributed by atoms with Crippen molar-refractivity contribution in [3.63, 3.8) is 0 Å². The van der Waals surface area contributed by atoms with Gasteiger partial charge in [0.05, 0.1) is 16.9 Å². The number of aromatic nitrogens is 3. The molecule has 104 valence electrons. The molecule has 1 unspecified atom stereocenters. The zero-order valence-electron chi connectivity index (χ0n) is 11.0. The van der Waals surface area contributed by atoms with Gasteiger partial charge in [-0.1, -0.05) is 11.6 Å². The number of hydrogen-bond donors (Lipinski definition) is 2. The molecular weight excluding hydrogens is 274 g/mol. The van der Waals surface area contributed by atoms with E-state index in [-0.39, 0.29) is 6.04 Å². The Hall–Kier alpha value is -1.72. The van der Waals surface area contributed by atoms with Crippen molar-refractivity contribution < 1.29 is 0 Å². The standard InChI is InChI=1S/C14H16ClN5/c15-12-8-18-14(19-11-4-3-10(16)6-11)20-13(12)9-2-1-5-17-7-9/h1-2,5,7-8,10-11H,3-4,6,16H2,(H,18,19,20)/t10-,11?/m1/s1. The maximum atomic E-state index is 6.17. The summed E-state index contributed by atoms with van der Waals surface area (Å²) in [6, 6.07) is 4.40. The van der Waals surface area contributed by atoms with Gasteiger partial charge < -0.3 is 11.1 Å². The van der Waals surface area contributed by atoms with Crippen LogP contribution in [0.1, 0.15) is 19.3 Å². The molecule has 1 aliphatic rings. The van der Waals surface area contributed by atoms with Crippen LogP contribution in [0.4, 0.5) is 5.95 Å². The molecule has 0 aromatic carbocycles. The molecule has 2 atom stereocenters. The molecule has 0 aliphatic heterocycles. The van der Waals surface area contributed by atoms with Crippen molar-refractivity contribution in [2.24, 2.45) is 5.73 Å². The smallest absolute Gasteiger partial charge is 0.223 e. The minimum Gasteiger partial charge on any atom is -0.351 e. The van der Waals surface area contributed by atoms with Gasteiger partial charge in [0, 0.05) is 30.0 Å². The Kier molecular flexibility index (Phi) is 3.80. The number of nitrogens with one attached hydrogen (secondary N) is 1. The van der Waals surface area contributed by atoms with Crippen molar-refractivity contribution in [1.82, 2.24) is 15.0 Å². The first kappa shape index (κ1) is 13.3. The van der Waals surface area contributed by atoms with E-state index < -0.39 is 0 Å². The van der Waals surface area contributed by atoms with Gasteiger partial charge in [-0.2, -0.15) is 0 Å². The van der Waals surface area contributed by atoms with Crippen LogP contribution in [-0.4, -0.2) is 27.0 Å². The van der Waals surface area contributed by atoms with Gasteiger partial charge in [-0.25, -0.2) is 9.97 Å². The lowest BCUT2D eigenvalue weighted by molar-refractivity contribution is 0.685. The molecule has 3 N–H and O–H groups in total. The third-order valence-electron chi connectivity index (χ3n) is 3.49. The Morgan fingerprint density at radius 2 is 2.20 bits per heavy atom. The van der Waals surface area contributed by atoms with Gasteiger partial charge in [0.25, 0.3) is 0 Å². The summed E-state index contributed by atoms with van der Waals surface area (Å²) in [5.74, 6) is 0.590.